The first kappa shape index (κ1) is 18.6. The SMILES string of the molecule is Br.CN(C)C1=C(c2cccc3nc4ccccc4nc23)c2ccccc2CC1. The van der Waals surface area contributed by atoms with Crippen molar-refractivity contribution < 1.29 is 0 Å². The molecule has 0 bridgehead atoms. The fourth-order valence-electron chi connectivity index (χ4n) is 4.11. The van der Waals surface area contributed by atoms with Crippen molar-refractivity contribution in [2.45, 2.75) is 12.8 Å². The maximum Gasteiger partial charge on any atom is 0.0973 e. The lowest BCUT2D eigenvalue weighted by atomic mass is 9.84. The van der Waals surface area contributed by atoms with Crippen LogP contribution in [0.5, 0.6) is 0 Å². The van der Waals surface area contributed by atoms with Gasteiger partial charge in [0.05, 0.1) is 22.1 Å². The predicted octanol–water partition coefficient (Wildman–Crippen LogP) is 5.63. The van der Waals surface area contributed by atoms with Gasteiger partial charge in [-0.25, -0.2) is 9.97 Å². The van der Waals surface area contributed by atoms with E-state index in [1.54, 1.807) is 0 Å². The molecule has 4 heteroatoms. The largest absolute Gasteiger partial charge is 0.380 e. The summed E-state index contributed by atoms with van der Waals surface area (Å²) in [4.78, 5) is 12.1. The van der Waals surface area contributed by atoms with E-state index in [-0.39, 0.29) is 17.0 Å². The van der Waals surface area contributed by atoms with Gasteiger partial charge in [0, 0.05) is 30.9 Å². The number of aromatic nitrogens is 2. The molecule has 0 radical (unpaired) electrons. The van der Waals surface area contributed by atoms with Crippen LogP contribution < -0.4 is 0 Å². The Balaban J connectivity index is 0.00000192. The molecule has 3 nitrogen and oxygen atoms in total. The third kappa shape index (κ3) is 2.98. The molecule has 0 N–H and O–H groups in total. The molecular formula is C24H22BrN3. The van der Waals surface area contributed by atoms with Crippen LogP contribution in [-0.2, 0) is 6.42 Å². The summed E-state index contributed by atoms with van der Waals surface area (Å²) in [6.45, 7) is 0. The Morgan fingerprint density at radius 3 is 2.11 bits per heavy atom. The number of hydrogen-bond donors (Lipinski definition) is 0. The molecule has 0 unspecified atom stereocenters. The zero-order valence-corrected chi connectivity index (χ0v) is 17.7. The van der Waals surface area contributed by atoms with E-state index < -0.39 is 0 Å². The van der Waals surface area contributed by atoms with Crippen LogP contribution in [0.2, 0.25) is 0 Å². The van der Waals surface area contributed by atoms with Gasteiger partial charge in [0.1, 0.15) is 0 Å². The van der Waals surface area contributed by atoms with E-state index in [0.29, 0.717) is 0 Å². The van der Waals surface area contributed by atoms with Gasteiger partial charge in [0.25, 0.3) is 0 Å². The van der Waals surface area contributed by atoms with Crippen LogP contribution in [0.4, 0.5) is 0 Å². The van der Waals surface area contributed by atoms with Crippen molar-refractivity contribution in [2.24, 2.45) is 0 Å². The first-order chi connectivity index (χ1) is 13.2. The third-order valence-corrected chi connectivity index (χ3v) is 5.39. The summed E-state index contributed by atoms with van der Waals surface area (Å²) < 4.78 is 0. The van der Waals surface area contributed by atoms with E-state index >= 15 is 0 Å². The normalized spacial score (nSPS) is 13.4. The minimum Gasteiger partial charge on any atom is -0.380 e. The van der Waals surface area contributed by atoms with Crippen molar-refractivity contribution in [1.82, 2.24) is 14.9 Å². The van der Waals surface area contributed by atoms with Crippen molar-refractivity contribution in [3.8, 4) is 0 Å². The number of hydrogen-bond acceptors (Lipinski definition) is 3. The Labute approximate surface area is 175 Å². The maximum atomic E-state index is 5.00. The molecule has 3 aromatic carbocycles. The Kier molecular flexibility index (Phi) is 4.90. The highest BCUT2D eigenvalue weighted by molar-refractivity contribution is 8.93. The van der Waals surface area contributed by atoms with E-state index in [1.165, 1.54) is 28.0 Å². The molecular weight excluding hydrogens is 410 g/mol. The zero-order chi connectivity index (χ0) is 18.4. The Bertz CT molecular complexity index is 1210. The van der Waals surface area contributed by atoms with Crippen LogP contribution in [0, 0.1) is 0 Å². The lowest BCUT2D eigenvalue weighted by Crippen LogP contribution is -2.18. The second-order valence-electron chi connectivity index (χ2n) is 7.26. The van der Waals surface area contributed by atoms with Gasteiger partial charge in [-0.1, -0.05) is 48.5 Å². The van der Waals surface area contributed by atoms with Gasteiger partial charge in [-0.2, -0.15) is 0 Å². The fourth-order valence-corrected chi connectivity index (χ4v) is 4.11. The lowest BCUT2D eigenvalue weighted by Gasteiger charge is -2.29. The molecule has 0 saturated heterocycles. The topological polar surface area (TPSA) is 29.0 Å². The summed E-state index contributed by atoms with van der Waals surface area (Å²) in [6, 6.07) is 23.2. The molecule has 1 aromatic heterocycles. The average molecular weight is 432 g/mol. The van der Waals surface area contributed by atoms with E-state index in [1.807, 2.05) is 24.3 Å². The second-order valence-corrected chi connectivity index (χ2v) is 7.26. The Morgan fingerprint density at radius 1 is 0.679 bits per heavy atom. The highest BCUT2D eigenvalue weighted by Crippen LogP contribution is 2.39. The summed E-state index contributed by atoms with van der Waals surface area (Å²) in [5.74, 6) is 0. The number of nitrogens with zero attached hydrogens (tertiary/aromatic N) is 3. The molecule has 4 aromatic rings. The van der Waals surface area contributed by atoms with Gasteiger partial charge in [0.2, 0.25) is 0 Å². The number of halogens is 1. The first-order valence-electron chi connectivity index (χ1n) is 9.37. The molecule has 0 aliphatic heterocycles. The van der Waals surface area contributed by atoms with Crippen molar-refractivity contribution in [1.29, 1.82) is 0 Å². The molecule has 5 rings (SSSR count). The van der Waals surface area contributed by atoms with Gasteiger partial charge in [-0.15, -0.1) is 17.0 Å². The van der Waals surface area contributed by atoms with Crippen LogP contribution in [0.1, 0.15) is 23.1 Å². The van der Waals surface area contributed by atoms with Gasteiger partial charge in [-0.3, -0.25) is 0 Å². The number of allylic oxidation sites excluding steroid dienone is 1. The molecule has 1 aliphatic carbocycles. The predicted molar refractivity (Wildman–Crippen MR) is 122 cm³/mol. The number of para-hydroxylation sites is 3. The second kappa shape index (κ2) is 7.36. The molecule has 0 atom stereocenters. The van der Waals surface area contributed by atoms with Gasteiger partial charge >= 0.3 is 0 Å². The minimum atomic E-state index is 0. The quantitative estimate of drug-likeness (QED) is 0.385. The van der Waals surface area contributed by atoms with E-state index in [2.05, 4.69) is 61.5 Å². The molecule has 1 heterocycles. The van der Waals surface area contributed by atoms with Crippen molar-refractivity contribution >= 4 is 44.6 Å². The van der Waals surface area contributed by atoms with Crippen molar-refractivity contribution in [3.05, 3.63) is 89.1 Å². The van der Waals surface area contributed by atoms with Gasteiger partial charge in [0.15, 0.2) is 0 Å². The van der Waals surface area contributed by atoms with Crippen LogP contribution in [0.3, 0.4) is 0 Å². The third-order valence-electron chi connectivity index (χ3n) is 5.39. The Hall–Kier alpha value is -2.72. The van der Waals surface area contributed by atoms with Crippen molar-refractivity contribution in [2.75, 3.05) is 14.1 Å². The average Bonchev–Trinajstić information content (AvgIpc) is 2.71. The maximum absolute atomic E-state index is 5.00. The smallest absolute Gasteiger partial charge is 0.0973 e. The number of rotatable bonds is 2. The number of aryl methyl sites for hydroxylation is 1. The van der Waals surface area contributed by atoms with Gasteiger partial charge < -0.3 is 4.90 Å². The lowest BCUT2D eigenvalue weighted by molar-refractivity contribution is 0.486. The molecule has 140 valence electrons. The molecule has 0 fully saturated rings. The van der Waals surface area contributed by atoms with Crippen LogP contribution in [0.25, 0.3) is 27.6 Å². The molecule has 0 amide bonds. The standard InChI is InChI=1S/C24H21N3.BrH/c1-27(2)22-15-14-16-8-3-4-9-17(16)23(22)18-10-7-13-21-24(18)26-20-12-6-5-11-19(20)25-21;/h3-13H,14-15H2,1-2H3;1H. The summed E-state index contributed by atoms with van der Waals surface area (Å²) >= 11 is 0. The highest BCUT2D eigenvalue weighted by Gasteiger charge is 2.23. The van der Waals surface area contributed by atoms with Crippen LogP contribution in [-0.4, -0.2) is 29.0 Å². The monoisotopic (exact) mass is 431 g/mol. The fraction of sp³-hybridized carbons (Fsp3) is 0.167. The molecule has 0 saturated carbocycles. The summed E-state index contributed by atoms with van der Waals surface area (Å²) in [6.07, 6.45) is 2.11. The van der Waals surface area contributed by atoms with Crippen molar-refractivity contribution in [3.63, 3.8) is 0 Å². The van der Waals surface area contributed by atoms with E-state index in [4.69, 9.17) is 9.97 Å². The summed E-state index contributed by atoms with van der Waals surface area (Å²) in [5.41, 5.74) is 10.3. The Morgan fingerprint density at radius 2 is 1.32 bits per heavy atom. The van der Waals surface area contributed by atoms with Crippen LogP contribution in [0.15, 0.2) is 72.4 Å². The molecule has 0 spiro atoms. The van der Waals surface area contributed by atoms with Gasteiger partial charge in [-0.05, 0) is 42.2 Å². The highest BCUT2D eigenvalue weighted by atomic mass is 79.9. The summed E-state index contributed by atoms with van der Waals surface area (Å²) in [7, 11) is 4.27. The minimum absolute atomic E-state index is 0. The van der Waals surface area contributed by atoms with E-state index in [0.717, 1.165) is 34.9 Å². The number of fused-ring (bicyclic) bond motifs is 3. The molecule has 28 heavy (non-hydrogen) atoms. The number of benzene rings is 3. The first-order valence-corrected chi connectivity index (χ1v) is 9.37. The van der Waals surface area contributed by atoms with E-state index in [9.17, 15) is 0 Å². The zero-order valence-electron chi connectivity index (χ0n) is 16.0. The van der Waals surface area contributed by atoms with Crippen LogP contribution >= 0.6 is 17.0 Å². The molecule has 1 aliphatic rings. The summed E-state index contributed by atoms with van der Waals surface area (Å²) in [5, 5.41) is 0.